The van der Waals surface area contributed by atoms with Crippen LogP contribution in [0.1, 0.15) is 48.5 Å². The van der Waals surface area contributed by atoms with E-state index in [-0.39, 0.29) is 30.1 Å². The number of carbonyl (C=O) groups excluding carboxylic acids is 1. The molecular weight excluding hydrogens is 496 g/mol. The maximum Gasteiger partial charge on any atom is 0.421 e. The number of hydrogen-bond donors (Lipinski definition) is 2. The summed E-state index contributed by atoms with van der Waals surface area (Å²) in [5, 5.41) is 8.58. The highest BCUT2D eigenvalue weighted by Crippen LogP contribution is 2.33. The fourth-order valence-electron chi connectivity index (χ4n) is 4.47. The quantitative estimate of drug-likeness (QED) is 0.585. The fraction of sp³-hybridized carbons (Fsp3) is 0.571. The van der Waals surface area contributed by atoms with Gasteiger partial charge in [0.1, 0.15) is 5.56 Å². The van der Waals surface area contributed by atoms with Crippen molar-refractivity contribution in [1.29, 1.82) is 0 Å². The molecule has 1 unspecified atom stereocenters. The van der Waals surface area contributed by atoms with E-state index in [1.165, 1.54) is 0 Å². The Labute approximate surface area is 200 Å². The summed E-state index contributed by atoms with van der Waals surface area (Å²) in [6.07, 6.45) is -5.66. The summed E-state index contributed by atoms with van der Waals surface area (Å²) in [6, 6.07) is 0.0262. The third-order valence-corrected chi connectivity index (χ3v) is 6.29. The Kier molecular flexibility index (Phi) is 7.20. The minimum absolute atomic E-state index is 0.0466. The van der Waals surface area contributed by atoms with Gasteiger partial charge < -0.3 is 10.2 Å². The lowest BCUT2D eigenvalue weighted by Crippen LogP contribution is -2.47. The van der Waals surface area contributed by atoms with E-state index in [1.807, 2.05) is 5.10 Å². The van der Waals surface area contributed by atoms with Gasteiger partial charge in [-0.15, -0.1) is 0 Å². The molecule has 2 saturated heterocycles. The van der Waals surface area contributed by atoms with E-state index in [4.69, 9.17) is 0 Å². The molecule has 0 aromatic carbocycles. The molecule has 0 radical (unpaired) electrons. The summed E-state index contributed by atoms with van der Waals surface area (Å²) in [5.41, 5.74) is -3.52. The minimum atomic E-state index is -4.81. The summed E-state index contributed by atoms with van der Waals surface area (Å²) >= 11 is 0. The van der Waals surface area contributed by atoms with Crippen LogP contribution in [0.4, 0.5) is 32.3 Å². The lowest BCUT2D eigenvalue weighted by molar-refractivity contribution is -0.139. The van der Waals surface area contributed by atoms with Gasteiger partial charge in [-0.2, -0.15) is 31.4 Å². The van der Waals surface area contributed by atoms with Crippen LogP contribution >= 0.6 is 0 Å². The number of nitrogens with one attached hydrogen (secondary N) is 2. The van der Waals surface area contributed by atoms with Crippen LogP contribution in [0, 0.1) is 0 Å². The molecule has 2 fully saturated rings. The van der Waals surface area contributed by atoms with Crippen LogP contribution in [0.2, 0.25) is 0 Å². The van der Waals surface area contributed by atoms with E-state index in [9.17, 15) is 35.9 Å². The molecule has 2 aromatic heterocycles. The van der Waals surface area contributed by atoms with Crippen molar-refractivity contribution in [3.05, 3.63) is 45.6 Å². The molecule has 2 aliphatic rings. The van der Waals surface area contributed by atoms with Crippen molar-refractivity contribution in [3.8, 4) is 0 Å². The first-order valence-corrected chi connectivity index (χ1v) is 11.3. The summed E-state index contributed by atoms with van der Waals surface area (Å²) in [7, 11) is 0. The number of anilines is 1. The number of amides is 1. The number of halogens is 6. The largest absolute Gasteiger partial charge is 0.421 e. The van der Waals surface area contributed by atoms with E-state index in [1.54, 1.807) is 9.80 Å². The summed E-state index contributed by atoms with van der Waals surface area (Å²) in [4.78, 5) is 35.2. The van der Waals surface area contributed by atoms with Crippen molar-refractivity contribution in [1.82, 2.24) is 30.4 Å². The molecule has 2 N–H and O–H groups in total. The number of likely N-dealkylation sites (tertiary alicyclic amines) is 1. The second-order valence-electron chi connectivity index (χ2n) is 8.76. The number of carbonyl (C=O) groups is 1. The van der Waals surface area contributed by atoms with Crippen LogP contribution in [0.25, 0.3) is 0 Å². The summed E-state index contributed by atoms with van der Waals surface area (Å²) in [5.74, 6) is -0.120. The van der Waals surface area contributed by atoms with E-state index in [0.29, 0.717) is 45.3 Å². The molecule has 0 bridgehead atoms. The van der Waals surface area contributed by atoms with Crippen molar-refractivity contribution >= 4 is 11.9 Å². The second-order valence-corrected chi connectivity index (χ2v) is 8.76. The van der Waals surface area contributed by atoms with Gasteiger partial charge in [0.2, 0.25) is 11.9 Å². The first kappa shape index (κ1) is 25.9. The molecule has 4 heterocycles. The summed E-state index contributed by atoms with van der Waals surface area (Å²) in [6.45, 7) is 1.31. The van der Waals surface area contributed by atoms with Gasteiger partial charge in [-0.25, -0.2) is 15.1 Å². The zero-order valence-electron chi connectivity index (χ0n) is 18.9. The Bertz CT molecular complexity index is 1130. The van der Waals surface area contributed by atoms with Crippen molar-refractivity contribution in [2.24, 2.45) is 0 Å². The van der Waals surface area contributed by atoms with Crippen molar-refractivity contribution in [3.63, 3.8) is 0 Å². The monoisotopic (exact) mass is 519 g/mol. The fourth-order valence-corrected chi connectivity index (χ4v) is 4.47. The number of rotatable bonds is 5. The number of nitrogens with zero attached hydrogens (tertiary/aromatic N) is 5. The molecule has 1 atom stereocenters. The number of alkyl halides is 6. The standard InChI is InChI=1S/C21H23F6N7O2/c22-20(23,24)12-9-28-19(29-10-12)33-6-3-13(4-7-33)30-17(35)11-34-5-1-2-16(34)15-8-14(21(25,26)27)18(36)32-31-15/h8-10,13,16H,1-7,11H2,(H,30,35)(H,32,36). The molecule has 9 nitrogen and oxygen atoms in total. The third kappa shape index (κ3) is 5.94. The zero-order valence-corrected chi connectivity index (χ0v) is 18.9. The predicted octanol–water partition coefficient (Wildman–Crippen LogP) is 2.52. The van der Waals surface area contributed by atoms with Crippen molar-refractivity contribution in [2.75, 3.05) is 31.1 Å². The van der Waals surface area contributed by atoms with Crippen molar-refractivity contribution < 1.29 is 31.1 Å². The van der Waals surface area contributed by atoms with Gasteiger partial charge in [0, 0.05) is 31.5 Å². The Morgan fingerprint density at radius 1 is 1.03 bits per heavy atom. The minimum Gasteiger partial charge on any atom is -0.352 e. The van der Waals surface area contributed by atoms with Gasteiger partial charge in [-0.05, 0) is 38.3 Å². The number of H-pyrrole nitrogens is 1. The van der Waals surface area contributed by atoms with E-state index >= 15 is 0 Å². The Morgan fingerprint density at radius 3 is 2.31 bits per heavy atom. The number of aromatic nitrogens is 4. The van der Waals surface area contributed by atoms with Gasteiger partial charge in [-0.3, -0.25) is 14.5 Å². The Morgan fingerprint density at radius 2 is 1.69 bits per heavy atom. The average Bonchev–Trinajstić information content (AvgIpc) is 3.26. The smallest absolute Gasteiger partial charge is 0.352 e. The number of hydrogen-bond acceptors (Lipinski definition) is 7. The van der Waals surface area contributed by atoms with Crippen LogP contribution < -0.4 is 15.8 Å². The maximum atomic E-state index is 13.1. The Hall–Kier alpha value is -3.23. The molecule has 36 heavy (non-hydrogen) atoms. The van der Waals surface area contributed by atoms with E-state index in [2.05, 4.69) is 20.4 Å². The maximum absolute atomic E-state index is 13.1. The first-order chi connectivity index (χ1) is 16.9. The van der Waals surface area contributed by atoms with Crippen LogP contribution in [-0.4, -0.2) is 63.2 Å². The molecule has 0 aliphatic carbocycles. The van der Waals surface area contributed by atoms with Gasteiger partial charge in [0.15, 0.2) is 0 Å². The van der Waals surface area contributed by atoms with Gasteiger partial charge in [-0.1, -0.05) is 0 Å². The highest BCUT2D eigenvalue weighted by molar-refractivity contribution is 5.78. The first-order valence-electron chi connectivity index (χ1n) is 11.3. The number of piperidine rings is 1. The van der Waals surface area contributed by atoms with Crippen LogP contribution in [-0.2, 0) is 17.1 Å². The normalized spacial score (nSPS) is 20.1. The molecule has 1 amide bonds. The second kappa shape index (κ2) is 10.0. The van der Waals surface area contributed by atoms with E-state index in [0.717, 1.165) is 18.5 Å². The van der Waals surface area contributed by atoms with Gasteiger partial charge in [0.25, 0.3) is 5.56 Å². The highest BCUT2D eigenvalue weighted by Gasteiger charge is 2.37. The summed E-state index contributed by atoms with van der Waals surface area (Å²) < 4.78 is 77.4. The molecule has 15 heteroatoms. The van der Waals surface area contributed by atoms with Crippen LogP contribution in [0.3, 0.4) is 0 Å². The molecule has 2 aliphatic heterocycles. The lowest BCUT2D eigenvalue weighted by atomic mass is 10.1. The van der Waals surface area contributed by atoms with Crippen LogP contribution in [0.15, 0.2) is 23.3 Å². The molecule has 4 rings (SSSR count). The lowest BCUT2D eigenvalue weighted by Gasteiger charge is -2.33. The van der Waals surface area contributed by atoms with Gasteiger partial charge >= 0.3 is 12.4 Å². The molecule has 0 saturated carbocycles. The molecule has 2 aromatic rings. The molecule has 196 valence electrons. The SMILES string of the molecule is O=C(CN1CCCC1c1cc(C(F)(F)F)c(=O)[nH]n1)NC1CCN(c2ncc(C(F)(F)F)cn2)CC1. The van der Waals surface area contributed by atoms with Crippen LogP contribution in [0.5, 0.6) is 0 Å². The van der Waals surface area contributed by atoms with Crippen molar-refractivity contribution in [2.45, 2.75) is 50.1 Å². The predicted molar refractivity (Wildman–Crippen MR) is 114 cm³/mol. The van der Waals surface area contributed by atoms with E-state index < -0.39 is 35.1 Å². The van der Waals surface area contributed by atoms with Gasteiger partial charge in [0.05, 0.1) is 23.8 Å². The molecular formula is C21H23F6N7O2. The molecule has 0 spiro atoms. The third-order valence-electron chi connectivity index (χ3n) is 6.29. The topological polar surface area (TPSA) is 107 Å². The Balaban J connectivity index is 1.30. The average molecular weight is 519 g/mol. The number of aromatic amines is 1. The zero-order chi connectivity index (χ0) is 26.1. The highest BCUT2D eigenvalue weighted by atomic mass is 19.4.